The highest BCUT2D eigenvalue weighted by molar-refractivity contribution is 5.87. The molecule has 0 aliphatic carbocycles. The molecular formula is C15H13N3O3. The monoisotopic (exact) mass is 283 g/mol. The number of carboxylic acid groups (broad SMARTS) is 1. The van der Waals surface area contributed by atoms with E-state index in [4.69, 9.17) is 9.84 Å². The Morgan fingerprint density at radius 3 is 3.05 bits per heavy atom. The lowest BCUT2D eigenvalue weighted by molar-refractivity contribution is 0.0696. The predicted molar refractivity (Wildman–Crippen MR) is 75.5 cm³/mol. The zero-order valence-electron chi connectivity index (χ0n) is 11.4. The van der Waals surface area contributed by atoms with Crippen molar-refractivity contribution in [2.45, 2.75) is 13.5 Å². The van der Waals surface area contributed by atoms with Crippen LogP contribution in [0.3, 0.4) is 0 Å². The molecule has 0 aliphatic rings. The highest BCUT2D eigenvalue weighted by Gasteiger charge is 2.07. The maximum absolute atomic E-state index is 10.9. The van der Waals surface area contributed by atoms with Gasteiger partial charge in [0.1, 0.15) is 18.0 Å². The second-order valence-electron chi connectivity index (χ2n) is 4.66. The van der Waals surface area contributed by atoms with Gasteiger partial charge in [0.15, 0.2) is 0 Å². The molecule has 0 aromatic carbocycles. The van der Waals surface area contributed by atoms with E-state index in [1.54, 1.807) is 0 Å². The van der Waals surface area contributed by atoms with Crippen LogP contribution in [0.2, 0.25) is 0 Å². The fourth-order valence-electron chi connectivity index (χ4n) is 2.05. The number of hydrogen-bond donors (Lipinski definition) is 1. The summed E-state index contributed by atoms with van der Waals surface area (Å²) in [6.07, 6.45) is 6.57. The molecule has 3 rings (SSSR count). The molecular weight excluding hydrogens is 270 g/mol. The van der Waals surface area contributed by atoms with E-state index in [2.05, 4.69) is 9.97 Å². The highest BCUT2D eigenvalue weighted by Crippen LogP contribution is 2.15. The van der Waals surface area contributed by atoms with Crippen LogP contribution in [0.25, 0.3) is 5.65 Å². The molecule has 6 nitrogen and oxygen atoms in total. The Kier molecular flexibility index (Phi) is 3.27. The van der Waals surface area contributed by atoms with Gasteiger partial charge in [-0.15, -0.1) is 0 Å². The molecule has 0 saturated carbocycles. The van der Waals surface area contributed by atoms with Crippen LogP contribution < -0.4 is 4.74 Å². The SMILES string of the molecule is Cc1cccn2cc(COc3cncc(C(=O)O)c3)nc12. The van der Waals surface area contributed by atoms with E-state index < -0.39 is 5.97 Å². The average molecular weight is 283 g/mol. The van der Waals surface area contributed by atoms with E-state index in [9.17, 15) is 4.79 Å². The number of aromatic carboxylic acids is 1. The molecule has 0 aliphatic heterocycles. The Balaban J connectivity index is 1.78. The topological polar surface area (TPSA) is 76.7 Å². The largest absolute Gasteiger partial charge is 0.486 e. The zero-order chi connectivity index (χ0) is 14.8. The van der Waals surface area contributed by atoms with E-state index in [1.165, 1.54) is 18.5 Å². The summed E-state index contributed by atoms with van der Waals surface area (Å²) in [4.78, 5) is 19.2. The third kappa shape index (κ3) is 2.69. The number of rotatable bonds is 4. The molecule has 0 atom stereocenters. The van der Waals surface area contributed by atoms with Gasteiger partial charge >= 0.3 is 5.97 Å². The Labute approximate surface area is 120 Å². The molecule has 106 valence electrons. The number of hydrogen-bond acceptors (Lipinski definition) is 4. The minimum Gasteiger partial charge on any atom is -0.486 e. The van der Waals surface area contributed by atoms with Gasteiger partial charge in [-0.05, 0) is 24.6 Å². The van der Waals surface area contributed by atoms with Gasteiger partial charge in [-0.25, -0.2) is 9.78 Å². The van der Waals surface area contributed by atoms with E-state index >= 15 is 0 Å². The van der Waals surface area contributed by atoms with Gasteiger partial charge in [-0.3, -0.25) is 4.98 Å². The molecule has 0 spiro atoms. The Bertz CT molecular complexity index is 811. The lowest BCUT2D eigenvalue weighted by Crippen LogP contribution is -2.00. The van der Waals surface area contributed by atoms with Crippen molar-refractivity contribution in [3.05, 3.63) is 59.8 Å². The van der Waals surface area contributed by atoms with Crippen molar-refractivity contribution in [1.29, 1.82) is 0 Å². The number of nitrogens with zero attached hydrogens (tertiary/aromatic N) is 3. The fourth-order valence-corrected chi connectivity index (χ4v) is 2.05. The average Bonchev–Trinajstić information content (AvgIpc) is 2.90. The first-order chi connectivity index (χ1) is 10.1. The summed E-state index contributed by atoms with van der Waals surface area (Å²) in [6, 6.07) is 5.39. The van der Waals surface area contributed by atoms with Crippen molar-refractivity contribution in [2.24, 2.45) is 0 Å². The summed E-state index contributed by atoms with van der Waals surface area (Å²) in [7, 11) is 0. The minimum absolute atomic E-state index is 0.0957. The standard InChI is InChI=1S/C15H13N3O3/c1-10-3-2-4-18-8-12(17-14(10)18)9-21-13-5-11(15(19)20)6-16-7-13/h2-8H,9H2,1H3,(H,19,20). The maximum Gasteiger partial charge on any atom is 0.337 e. The van der Waals surface area contributed by atoms with Crippen LogP contribution in [-0.2, 0) is 6.61 Å². The number of aryl methyl sites for hydroxylation is 1. The van der Waals surface area contributed by atoms with Crippen LogP contribution in [0.15, 0.2) is 43.0 Å². The Morgan fingerprint density at radius 1 is 1.43 bits per heavy atom. The molecule has 0 fully saturated rings. The normalized spacial score (nSPS) is 10.7. The molecule has 21 heavy (non-hydrogen) atoms. The van der Waals surface area contributed by atoms with Crippen molar-refractivity contribution < 1.29 is 14.6 Å². The molecule has 1 N–H and O–H groups in total. The summed E-state index contributed by atoms with van der Waals surface area (Å²) in [5.74, 6) is -0.625. The number of fused-ring (bicyclic) bond motifs is 1. The number of carboxylic acids is 1. The number of imidazole rings is 1. The quantitative estimate of drug-likeness (QED) is 0.795. The first kappa shape index (κ1) is 13.1. The summed E-state index contributed by atoms with van der Waals surface area (Å²) in [5, 5.41) is 8.91. The van der Waals surface area contributed by atoms with E-state index in [-0.39, 0.29) is 12.2 Å². The summed E-state index contributed by atoms with van der Waals surface area (Å²) < 4.78 is 7.48. The van der Waals surface area contributed by atoms with Gasteiger partial charge in [0.2, 0.25) is 0 Å². The van der Waals surface area contributed by atoms with Gasteiger partial charge in [0, 0.05) is 18.6 Å². The maximum atomic E-state index is 10.9. The minimum atomic E-state index is -1.03. The van der Waals surface area contributed by atoms with Crippen molar-refractivity contribution in [3.8, 4) is 5.75 Å². The summed E-state index contributed by atoms with van der Waals surface area (Å²) in [5.41, 5.74) is 2.83. The third-order valence-electron chi connectivity index (χ3n) is 3.07. The van der Waals surface area contributed by atoms with Crippen LogP contribution in [0.5, 0.6) is 5.75 Å². The van der Waals surface area contributed by atoms with Crippen LogP contribution in [0.1, 0.15) is 21.6 Å². The number of ether oxygens (including phenoxy) is 1. The molecule has 3 heterocycles. The lowest BCUT2D eigenvalue weighted by Gasteiger charge is -2.03. The summed E-state index contributed by atoms with van der Waals surface area (Å²) >= 11 is 0. The molecule has 0 amide bonds. The van der Waals surface area contributed by atoms with Crippen LogP contribution in [0, 0.1) is 6.92 Å². The highest BCUT2D eigenvalue weighted by atomic mass is 16.5. The molecule has 0 radical (unpaired) electrons. The molecule has 0 bridgehead atoms. The second kappa shape index (κ2) is 5.24. The van der Waals surface area contributed by atoms with Gasteiger partial charge < -0.3 is 14.2 Å². The van der Waals surface area contributed by atoms with Crippen LogP contribution in [0.4, 0.5) is 0 Å². The van der Waals surface area contributed by atoms with Gasteiger partial charge in [0.05, 0.1) is 17.5 Å². The first-order valence-electron chi connectivity index (χ1n) is 6.38. The Hall–Kier alpha value is -2.89. The molecule has 6 heteroatoms. The van der Waals surface area contributed by atoms with Crippen molar-refractivity contribution >= 4 is 11.6 Å². The molecule has 3 aromatic heterocycles. The number of pyridine rings is 2. The summed E-state index contributed by atoms with van der Waals surface area (Å²) in [6.45, 7) is 2.25. The van der Waals surface area contributed by atoms with Crippen molar-refractivity contribution in [1.82, 2.24) is 14.4 Å². The molecule has 0 saturated heterocycles. The van der Waals surface area contributed by atoms with Gasteiger partial charge in [-0.1, -0.05) is 6.07 Å². The van der Waals surface area contributed by atoms with E-state index in [0.29, 0.717) is 5.75 Å². The van der Waals surface area contributed by atoms with E-state index in [0.717, 1.165) is 16.9 Å². The zero-order valence-corrected chi connectivity index (χ0v) is 11.4. The van der Waals surface area contributed by atoms with Crippen molar-refractivity contribution in [2.75, 3.05) is 0 Å². The van der Waals surface area contributed by atoms with Crippen LogP contribution >= 0.6 is 0 Å². The second-order valence-corrected chi connectivity index (χ2v) is 4.66. The van der Waals surface area contributed by atoms with Crippen molar-refractivity contribution in [3.63, 3.8) is 0 Å². The lowest BCUT2D eigenvalue weighted by atomic mass is 10.3. The molecule has 3 aromatic rings. The van der Waals surface area contributed by atoms with E-state index in [1.807, 2.05) is 35.9 Å². The van der Waals surface area contributed by atoms with Crippen LogP contribution in [-0.4, -0.2) is 25.4 Å². The molecule has 0 unspecified atom stereocenters. The fraction of sp³-hybridized carbons (Fsp3) is 0.133. The first-order valence-corrected chi connectivity index (χ1v) is 6.38. The Morgan fingerprint density at radius 2 is 2.29 bits per heavy atom. The van der Waals surface area contributed by atoms with Gasteiger partial charge in [-0.2, -0.15) is 0 Å². The predicted octanol–water partition coefficient (Wildman–Crippen LogP) is 2.31. The number of carbonyl (C=O) groups is 1. The number of aromatic nitrogens is 3. The smallest absolute Gasteiger partial charge is 0.337 e. The van der Waals surface area contributed by atoms with Gasteiger partial charge in [0.25, 0.3) is 0 Å². The third-order valence-corrected chi connectivity index (χ3v) is 3.07.